The molecule has 0 N–H and O–H groups in total. The van der Waals surface area contributed by atoms with Crippen LogP contribution < -0.4 is 9.80 Å². The molecule has 3 rings (SSSR count). The number of hydrogen-bond acceptors (Lipinski definition) is 7. The first-order valence-electron chi connectivity index (χ1n) is 7.65. The molecule has 1 unspecified atom stereocenters. The lowest BCUT2D eigenvalue weighted by Gasteiger charge is -2.32. The summed E-state index contributed by atoms with van der Waals surface area (Å²) in [6.07, 6.45) is 1.84. The predicted molar refractivity (Wildman–Crippen MR) is 93.6 cm³/mol. The average molecular weight is 396 g/mol. The summed E-state index contributed by atoms with van der Waals surface area (Å²) in [6.45, 7) is 1.39. The molecule has 128 valence electrons. The van der Waals surface area contributed by atoms with Gasteiger partial charge in [-0.05, 0) is 30.1 Å². The van der Waals surface area contributed by atoms with Crippen molar-refractivity contribution in [2.24, 2.45) is 0 Å². The molecule has 1 aliphatic rings. The minimum Gasteiger partial charge on any atom is -0.365 e. The van der Waals surface area contributed by atoms with Crippen molar-refractivity contribution in [2.75, 3.05) is 37.0 Å². The van der Waals surface area contributed by atoms with Crippen molar-refractivity contribution >= 4 is 33.3 Å². The monoisotopic (exact) mass is 395 g/mol. The SMILES string of the molecule is CN(C)c1noc(C2CCCN(c3ccc(Br)cc3[N+](=O)[O-])C2)n1. The van der Waals surface area contributed by atoms with Crippen molar-refractivity contribution in [1.82, 2.24) is 10.1 Å². The van der Waals surface area contributed by atoms with E-state index in [0.29, 0.717) is 28.5 Å². The Labute approximate surface area is 147 Å². The Kier molecular flexibility index (Phi) is 4.70. The number of anilines is 2. The van der Waals surface area contributed by atoms with E-state index < -0.39 is 0 Å². The van der Waals surface area contributed by atoms with Crippen molar-refractivity contribution in [3.63, 3.8) is 0 Å². The van der Waals surface area contributed by atoms with Gasteiger partial charge in [-0.15, -0.1) is 0 Å². The number of rotatable bonds is 4. The number of halogens is 1. The fraction of sp³-hybridized carbons (Fsp3) is 0.467. The fourth-order valence-electron chi connectivity index (χ4n) is 2.88. The topological polar surface area (TPSA) is 88.5 Å². The van der Waals surface area contributed by atoms with Gasteiger partial charge >= 0.3 is 0 Å². The van der Waals surface area contributed by atoms with Gasteiger partial charge in [0.25, 0.3) is 11.6 Å². The molecule has 0 amide bonds. The molecule has 0 aliphatic carbocycles. The van der Waals surface area contributed by atoms with Gasteiger partial charge in [0, 0.05) is 37.7 Å². The average Bonchev–Trinajstić information content (AvgIpc) is 3.05. The third-order valence-electron chi connectivity index (χ3n) is 4.08. The molecule has 1 fully saturated rings. The van der Waals surface area contributed by atoms with E-state index in [2.05, 4.69) is 26.1 Å². The molecule has 8 nitrogen and oxygen atoms in total. The van der Waals surface area contributed by atoms with Gasteiger partial charge in [-0.25, -0.2) is 0 Å². The fourth-order valence-corrected chi connectivity index (χ4v) is 3.23. The summed E-state index contributed by atoms with van der Waals surface area (Å²) in [5.74, 6) is 1.20. The number of benzene rings is 1. The molecule has 0 radical (unpaired) electrons. The summed E-state index contributed by atoms with van der Waals surface area (Å²) in [6, 6.07) is 5.14. The number of hydrogen-bond donors (Lipinski definition) is 0. The second-order valence-electron chi connectivity index (χ2n) is 6.00. The smallest absolute Gasteiger partial charge is 0.293 e. The third kappa shape index (κ3) is 3.35. The maximum Gasteiger partial charge on any atom is 0.293 e. The van der Waals surface area contributed by atoms with E-state index in [1.54, 1.807) is 11.0 Å². The molecule has 1 aromatic carbocycles. The molecule has 24 heavy (non-hydrogen) atoms. The lowest BCUT2D eigenvalue weighted by Crippen LogP contribution is -2.34. The quantitative estimate of drug-likeness (QED) is 0.579. The van der Waals surface area contributed by atoms with Crippen LogP contribution in [0.4, 0.5) is 17.3 Å². The first-order valence-corrected chi connectivity index (χ1v) is 8.45. The molecule has 1 aliphatic heterocycles. The zero-order chi connectivity index (χ0) is 17.3. The minimum atomic E-state index is -0.347. The molecular formula is C15H18BrN5O3. The zero-order valence-electron chi connectivity index (χ0n) is 13.5. The van der Waals surface area contributed by atoms with Crippen LogP contribution >= 0.6 is 15.9 Å². The molecule has 2 heterocycles. The van der Waals surface area contributed by atoms with Crippen LogP contribution in [0.25, 0.3) is 0 Å². The highest BCUT2D eigenvalue weighted by atomic mass is 79.9. The van der Waals surface area contributed by atoms with Gasteiger partial charge in [-0.1, -0.05) is 15.9 Å². The second kappa shape index (κ2) is 6.76. The maximum absolute atomic E-state index is 11.4. The number of nitro benzene ring substituents is 1. The summed E-state index contributed by atoms with van der Waals surface area (Å²) < 4.78 is 6.07. The van der Waals surface area contributed by atoms with E-state index in [0.717, 1.165) is 19.4 Å². The Morgan fingerprint density at radius 3 is 2.92 bits per heavy atom. The molecule has 1 atom stereocenters. The Bertz CT molecular complexity index is 748. The van der Waals surface area contributed by atoms with Crippen molar-refractivity contribution in [3.05, 3.63) is 38.7 Å². The molecule has 0 saturated carbocycles. The molecule has 2 aromatic rings. The zero-order valence-corrected chi connectivity index (χ0v) is 15.1. The van der Waals surface area contributed by atoms with Crippen LogP contribution in [0.3, 0.4) is 0 Å². The lowest BCUT2D eigenvalue weighted by atomic mass is 9.97. The van der Waals surface area contributed by atoms with Gasteiger partial charge < -0.3 is 14.3 Å². The minimum absolute atomic E-state index is 0.0724. The number of nitro groups is 1. The first-order chi connectivity index (χ1) is 11.5. The van der Waals surface area contributed by atoms with E-state index in [1.165, 1.54) is 6.07 Å². The van der Waals surface area contributed by atoms with Gasteiger partial charge in [-0.2, -0.15) is 4.98 Å². The van der Waals surface area contributed by atoms with Crippen molar-refractivity contribution in [2.45, 2.75) is 18.8 Å². The van der Waals surface area contributed by atoms with E-state index >= 15 is 0 Å². The summed E-state index contributed by atoms with van der Waals surface area (Å²) in [7, 11) is 3.71. The lowest BCUT2D eigenvalue weighted by molar-refractivity contribution is -0.384. The number of nitrogens with zero attached hydrogens (tertiary/aromatic N) is 5. The van der Waals surface area contributed by atoms with Crippen molar-refractivity contribution in [3.8, 4) is 0 Å². The van der Waals surface area contributed by atoms with Gasteiger partial charge in [0.15, 0.2) is 0 Å². The summed E-state index contributed by atoms with van der Waals surface area (Å²) in [4.78, 5) is 19.2. The largest absolute Gasteiger partial charge is 0.365 e. The van der Waals surface area contributed by atoms with Crippen LogP contribution in [0, 0.1) is 10.1 Å². The summed E-state index contributed by atoms with van der Waals surface area (Å²) in [5, 5.41) is 15.3. The Morgan fingerprint density at radius 1 is 1.46 bits per heavy atom. The number of aromatic nitrogens is 2. The van der Waals surface area contributed by atoms with Crippen LogP contribution in [0.5, 0.6) is 0 Å². The van der Waals surface area contributed by atoms with Gasteiger partial charge in [-0.3, -0.25) is 10.1 Å². The Morgan fingerprint density at radius 2 is 2.25 bits per heavy atom. The van der Waals surface area contributed by atoms with Crippen molar-refractivity contribution in [1.29, 1.82) is 0 Å². The van der Waals surface area contributed by atoms with Gasteiger partial charge in [0.05, 0.1) is 10.8 Å². The van der Waals surface area contributed by atoms with Crippen molar-refractivity contribution < 1.29 is 9.45 Å². The summed E-state index contributed by atoms with van der Waals surface area (Å²) in [5.41, 5.74) is 0.727. The van der Waals surface area contributed by atoms with Gasteiger partial charge in [0.2, 0.25) is 5.89 Å². The highest BCUT2D eigenvalue weighted by molar-refractivity contribution is 9.10. The van der Waals surface area contributed by atoms with E-state index in [4.69, 9.17) is 4.52 Å². The Balaban J connectivity index is 1.84. The van der Waals surface area contributed by atoms with E-state index in [1.807, 2.05) is 25.1 Å². The second-order valence-corrected chi connectivity index (χ2v) is 6.92. The molecule has 0 bridgehead atoms. The van der Waals surface area contributed by atoms with Crippen LogP contribution in [0.15, 0.2) is 27.2 Å². The molecule has 9 heteroatoms. The maximum atomic E-state index is 11.4. The molecular weight excluding hydrogens is 378 g/mol. The summed E-state index contributed by atoms with van der Waals surface area (Å²) >= 11 is 3.29. The van der Waals surface area contributed by atoms with Crippen LogP contribution in [0.1, 0.15) is 24.7 Å². The standard InChI is InChI=1S/C15H18BrN5O3/c1-19(2)15-17-14(24-18-15)10-4-3-7-20(9-10)12-6-5-11(16)8-13(12)21(22)23/h5-6,8,10H,3-4,7,9H2,1-2H3. The molecule has 1 aromatic heterocycles. The third-order valence-corrected chi connectivity index (χ3v) is 4.57. The van der Waals surface area contributed by atoms with Crippen LogP contribution in [-0.2, 0) is 0 Å². The predicted octanol–water partition coefficient (Wildman–Crippen LogP) is 3.19. The molecule has 0 spiro atoms. The van der Waals surface area contributed by atoms with Crippen LogP contribution in [0.2, 0.25) is 0 Å². The van der Waals surface area contributed by atoms with E-state index in [-0.39, 0.29) is 16.5 Å². The highest BCUT2D eigenvalue weighted by Gasteiger charge is 2.29. The van der Waals surface area contributed by atoms with E-state index in [9.17, 15) is 10.1 Å². The normalized spacial score (nSPS) is 17.8. The van der Waals surface area contributed by atoms with Crippen LogP contribution in [-0.4, -0.2) is 42.2 Å². The van der Waals surface area contributed by atoms with Gasteiger partial charge in [0.1, 0.15) is 5.69 Å². The Hall–Kier alpha value is -2.16. The molecule has 1 saturated heterocycles. The number of piperidine rings is 1. The first kappa shape index (κ1) is 16.7. The highest BCUT2D eigenvalue weighted by Crippen LogP contribution is 2.36.